The Morgan fingerprint density at radius 2 is 1.23 bits per heavy atom. The van der Waals surface area contributed by atoms with Gasteiger partial charge in [0.1, 0.15) is 11.5 Å². The van der Waals surface area contributed by atoms with Gasteiger partial charge in [-0.25, -0.2) is 0 Å². The molecule has 0 aliphatic rings. The standard InChI is InChI=1S/C30H46O5/c1-20(2)9-7-13-29(5,34)25-12-11-22(16-27(25)32)15-23-17-26(28(33)18-24(23)19-31)30(6,35)14-8-10-21(3)4/h11-12,16-18,20-21,31-35H,7-10,13-15,19H2,1-6H3. The molecule has 35 heavy (non-hydrogen) atoms. The van der Waals surface area contributed by atoms with Crippen LogP contribution in [0.2, 0.25) is 0 Å². The SMILES string of the molecule is CC(C)CCCC(C)(O)c1ccc(Cc2cc(C(C)(O)CCCC(C)C)c(O)cc2CO)cc1O. The zero-order valence-electron chi connectivity index (χ0n) is 22.4. The quantitative estimate of drug-likeness (QED) is 0.230. The van der Waals surface area contributed by atoms with E-state index in [1.165, 1.54) is 6.07 Å². The van der Waals surface area contributed by atoms with Gasteiger partial charge in [0, 0.05) is 11.1 Å². The first-order chi connectivity index (χ1) is 16.3. The fourth-order valence-electron chi connectivity index (χ4n) is 4.76. The topological polar surface area (TPSA) is 101 Å². The summed E-state index contributed by atoms with van der Waals surface area (Å²) in [6.07, 6.45) is 5.23. The lowest BCUT2D eigenvalue weighted by molar-refractivity contribution is 0.0411. The largest absolute Gasteiger partial charge is 0.508 e. The minimum Gasteiger partial charge on any atom is -0.508 e. The first-order valence-corrected chi connectivity index (χ1v) is 13.0. The van der Waals surface area contributed by atoms with Crippen LogP contribution in [-0.2, 0) is 24.2 Å². The zero-order chi connectivity index (χ0) is 26.4. The molecule has 2 aromatic rings. The van der Waals surface area contributed by atoms with Crippen molar-refractivity contribution in [2.75, 3.05) is 0 Å². The van der Waals surface area contributed by atoms with Gasteiger partial charge in [0.2, 0.25) is 0 Å². The van der Waals surface area contributed by atoms with Crippen molar-refractivity contribution in [1.82, 2.24) is 0 Å². The molecule has 196 valence electrons. The van der Waals surface area contributed by atoms with E-state index in [0.717, 1.165) is 36.8 Å². The molecule has 0 spiro atoms. The van der Waals surface area contributed by atoms with Gasteiger partial charge in [-0.3, -0.25) is 0 Å². The Hall–Kier alpha value is -2.08. The maximum absolute atomic E-state index is 11.1. The molecule has 0 fully saturated rings. The molecule has 0 amide bonds. The average molecular weight is 487 g/mol. The van der Waals surface area contributed by atoms with Crippen LogP contribution in [0.4, 0.5) is 0 Å². The minimum absolute atomic E-state index is 0.0250. The van der Waals surface area contributed by atoms with E-state index in [1.54, 1.807) is 32.0 Å². The van der Waals surface area contributed by atoms with Crippen LogP contribution in [0.3, 0.4) is 0 Å². The molecular formula is C30H46O5. The maximum atomic E-state index is 11.1. The van der Waals surface area contributed by atoms with E-state index in [2.05, 4.69) is 27.7 Å². The van der Waals surface area contributed by atoms with Crippen LogP contribution in [0.25, 0.3) is 0 Å². The molecule has 0 saturated heterocycles. The lowest BCUT2D eigenvalue weighted by Crippen LogP contribution is -2.22. The second-order valence-corrected chi connectivity index (χ2v) is 11.4. The van der Waals surface area contributed by atoms with Crippen molar-refractivity contribution in [3.63, 3.8) is 0 Å². The molecule has 2 unspecified atom stereocenters. The van der Waals surface area contributed by atoms with Gasteiger partial charge in [-0.15, -0.1) is 0 Å². The third kappa shape index (κ3) is 8.23. The summed E-state index contributed by atoms with van der Waals surface area (Å²) < 4.78 is 0. The van der Waals surface area contributed by atoms with Crippen molar-refractivity contribution < 1.29 is 25.5 Å². The number of aliphatic hydroxyl groups excluding tert-OH is 1. The number of aliphatic hydroxyl groups is 3. The Balaban J connectivity index is 2.28. The molecule has 5 nitrogen and oxygen atoms in total. The fraction of sp³-hybridized carbons (Fsp3) is 0.600. The first-order valence-electron chi connectivity index (χ1n) is 13.0. The number of aromatic hydroxyl groups is 2. The molecule has 0 aliphatic carbocycles. The Bertz CT molecular complexity index is 959. The van der Waals surface area contributed by atoms with Crippen molar-refractivity contribution in [2.24, 2.45) is 11.8 Å². The molecule has 0 aliphatic heterocycles. The Kier molecular flexibility index (Phi) is 10.2. The Morgan fingerprint density at radius 3 is 1.71 bits per heavy atom. The molecule has 2 atom stereocenters. The summed E-state index contributed by atoms with van der Waals surface area (Å²) in [7, 11) is 0. The molecule has 5 N–H and O–H groups in total. The summed E-state index contributed by atoms with van der Waals surface area (Å²) in [4.78, 5) is 0. The Morgan fingerprint density at radius 1 is 0.714 bits per heavy atom. The van der Waals surface area contributed by atoms with Gasteiger partial charge >= 0.3 is 0 Å². The van der Waals surface area contributed by atoms with Crippen molar-refractivity contribution in [1.29, 1.82) is 0 Å². The van der Waals surface area contributed by atoms with Crippen LogP contribution in [0.5, 0.6) is 11.5 Å². The second kappa shape index (κ2) is 12.2. The van der Waals surface area contributed by atoms with E-state index in [9.17, 15) is 25.5 Å². The van der Waals surface area contributed by atoms with Crippen molar-refractivity contribution >= 4 is 0 Å². The van der Waals surface area contributed by atoms with Gasteiger partial charge in [0.15, 0.2) is 0 Å². The van der Waals surface area contributed by atoms with E-state index in [0.29, 0.717) is 47.8 Å². The van der Waals surface area contributed by atoms with E-state index in [4.69, 9.17) is 0 Å². The van der Waals surface area contributed by atoms with Gasteiger partial charge in [0.25, 0.3) is 0 Å². The lowest BCUT2D eigenvalue weighted by Gasteiger charge is -2.27. The first kappa shape index (κ1) is 29.2. The Labute approximate surface area is 211 Å². The molecule has 0 bridgehead atoms. The number of hydrogen-bond acceptors (Lipinski definition) is 5. The third-order valence-corrected chi connectivity index (χ3v) is 7.00. The summed E-state index contributed by atoms with van der Waals surface area (Å²) >= 11 is 0. The molecule has 0 saturated carbocycles. The molecule has 2 rings (SSSR count). The van der Waals surface area contributed by atoms with Crippen LogP contribution >= 0.6 is 0 Å². The maximum Gasteiger partial charge on any atom is 0.122 e. The van der Waals surface area contributed by atoms with E-state index >= 15 is 0 Å². The second-order valence-electron chi connectivity index (χ2n) is 11.4. The van der Waals surface area contributed by atoms with Gasteiger partial charge < -0.3 is 25.5 Å². The van der Waals surface area contributed by atoms with Gasteiger partial charge in [-0.05, 0) is 92.7 Å². The highest BCUT2D eigenvalue weighted by molar-refractivity contribution is 5.48. The lowest BCUT2D eigenvalue weighted by atomic mass is 9.85. The summed E-state index contributed by atoms with van der Waals surface area (Å²) in [6.45, 7) is 11.8. The number of phenols is 2. The predicted molar refractivity (Wildman–Crippen MR) is 141 cm³/mol. The molecule has 2 aromatic carbocycles. The van der Waals surface area contributed by atoms with Gasteiger partial charge in [0.05, 0.1) is 17.8 Å². The van der Waals surface area contributed by atoms with Crippen molar-refractivity contribution in [2.45, 2.75) is 104 Å². The zero-order valence-corrected chi connectivity index (χ0v) is 22.4. The summed E-state index contributed by atoms with van der Waals surface area (Å²) in [5, 5.41) is 53.3. The highest BCUT2D eigenvalue weighted by Gasteiger charge is 2.28. The average Bonchev–Trinajstić information content (AvgIpc) is 2.73. The van der Waals surface area contributed by atoms with Crippen LogP contribution in [0.15, 0.2) is 30.3 Å². The predicted octanol–water partition coefficient (Wildman–Crippen LogP) is 6.25. The molecule has 0 aromatic heterocycles. The van der Waals surface area contributed by atoms with Crippen LogP contribution in [-0.4, -0.2) is 25.5 Å². The number of phenolic OH excluding ortho intramolecular Hbond substituents is 2. The summed E-state index contributed by atoms with van der Waals surface area (Å²) in [5.74, 6) is 1.12. The van der Waals surface area contributed by atoms with E-state index < -0.39 is 11.2 Å². The highest BCUT2D eigenvalue weighted by atomic mass is 16.3. The van der Waals surface area contributed by atoms with Crippen LogP contribution in [0, 0.1) is 11.8 Å². The normalized spacial score (nSPS) is 15.4. The van der Waals surface area contributed by atoms with E-state index in [1.807, 2.05) is 6.07 Å². The van der Waals surface area contributed by atoms with E-state index in [-0.39, 0.29) is 18.1 Å². The highest BCUT2D eigenvalue weighted by Crippen LogP contribution is 2.38. The molecular weight excluding hydrogens is 440 g/mol. The third-order valence-electron chi connectivity index (χ3n) is 7.00. The smallest absolute Gasteiger partial charge is 0.122 e. The molecule has 0 heterocycles. The number of hydrogen-bond donors (Lipinski definition) is 5. The van der Waals surface area contributed by atoms with Crippen molar-refractivity contribution in [3.8, 4) is 11.5 Å². The van der Waals surface area contributed by atoms with Crippen LogP contribution < -0.4 is 0 Å². The van der Waals surface area contributed by atoms with Gasteiger partial charge in [-0.2, -0.15) is 0 Å². The number of benzene rings is 2. The minimum atomic E-state index is -1.19. The van der Waals surface area contributed by atoms with Crippen molar-refractivity contribution in [3.05, 3.63) is 58.1 Å². The monoisotopic (exact) mass is 486 g/mol. The molecule has 0 radical (unpaired) electrons. The number of rotatable bonds is 13. The van der Waals surface area contributed by atoms with Crippen LogP contribution in [0.1, 0.15) is 108 Å². The van der Waals surface area contributed by atoms with Gasteiger partial charge in [-0.1, -0.05) is 52.7 Å². The summed E-state index contributed by atoms with van der Waals surface area (Å²) in [5.41, 5.74) is 0.814. The summed E-state index contributed by atoms with van der Waals surface area (Å²) in [6, 6.07) is 8.59. The molecule has 5 heteroatoms. The fourth-order valence-corrected chi connectivity index (χ4v) is 4.76.